The summed E-state index contributed by atoms with van der Waals surface area (Å²) in [6.45, 7) is 5.06. The van der Waals surface area contributed by atoms with Crippen LogP contribution >= 0.6 is 15.9 Å². The Labute approximate surface area is 112 Å². The molecule has 1 atom stereocenters. The standard InChI is InChI=1S/C14H19BrN2/c1-3-5-6-9-13(16-10-4-2)14-12(15)8-7-11-17-14/h7-8,11,13,16H,4,6,9-10H2,1-2H3. The van der Waals surface area contributed by atoms with Crippen LogP contribution < -0.4 is 5.32 Å². The fourth-order valence-corrected chi connectivity index (χ4v) is 2.18. The van der Waals surface area contributed by atoms with Crippen LogP contribution in [0.4, 0.5) is 0 Å². The van der Waals surface area contributed by atoms with Crippen LogP contribution in [0, 0.1) is 11.8 Å². The molecule has 1 rings (SSSR count). The molecular formula is C14H19BrN2. The van der Waals surface area contributed by atoms with Crippen molar-refractivity contribution in [3.05, 3.63) is 28.5 Å². The quantitative estimate of drug-likeness (QED) is 0.810. The summed E-state index contributed by atoms with van der Waals surface area (Å²) in [6, 6.07) is 4.26. The molecule has 1 N–H and O–H groups in total. The third-order valence-corrected chi connectivity index (χ3v) is 3.16. The maximum absolute atomic E-state index is 4.45. The molecule has 0 fully saturated rings. The van der Waals surface area contributed by atoms with Crippen molar-refractivity contribution in [1.82, 2.24) is 10.3 Å². The van der Waals surface area contributed by atoms with Crippen LogP contribution in [0.1, 0.15) is 44.8 Å². The number of nitrogens with zero attached hydrogens (tertiary/aromatic N) is 1. The maximum Gasteiger partial charge on any atom is 0.0715 e. The number of hydrogen-bond acceptors (Lipinski definition) is 2. The molecule has 1 heterocycles. The molecule has 0 aromatic carbocycles. The first-order chi connectivity index (χ1) is 8.29. The molecule has 3 heteroatoms. The predicted molar refractivity (Wildman–Crippen MR) is 75.7 cm³/mol. The Hall–Kier alpha value is -0.850. The van der Waals surface area contributed by atoms with E-state index >= 15 is 0 Å². The lowest BCUT2D eigenvalue weighted by atomic mass is 10.1. The smallest absolute Gasteiger partial charge is 0.0715 e. The number of aromatic nitrogens is 1. The zero-order valence-electron chi connectivity index (χ0n) is 10.5. The highest BCUT2D eigenvalue weighted by atomic mass is 79.9. The van der Waals surface area contributed by atoms with E-state index in [4.69, 9.17) is 0 Å². The molecule has 2 nitrogen and oxygen atoms in total. The summed E-state index contributed by atoms with van der Waals surface area (Å²) in [5.41, 5.74) is 1.08. The number of pyridine rings is 1. The topological polar surface area (TPSA) is 24.9 Å². The Morgan fingerprint density at radius 1 is 1.53 bits per heavy atom. The summed E-state index contributed by atoms with van der Waals surface area (Å²) >= 11 is 3.56. The zero-order valence-corrected chi connectivity index (χ0v) is 12.0. The first-order valence-electron chi connectivity index (χ1n) is 6.03. The summed E-state index contributed by atoms with van der Waals surface area (Å²) in [5.74, 6) is 6.05. The molecule has 17 heavy (non-hydrogen) atoms. The van der Waals surface area contributed by atoms with Crippen molar-refractivity contribution < 1.29 is 0 Å². The molecule has 0 aliphatic heterocycles. The molecule has 1 unspecified atom stereocenters. The van der Waals surface area contributed by atoms with Crippen molar-refractivity contribution in [2.45, 2.75) is 39.2 Å². The van der Waals surface area contributed by atoms with Gasteiger partial charge in [-0.15, -0.1) is 11.8 Å². The fourth-order valence-electron chi connectivity index (χ4n) is 1.65. The molecule has 92 valence electrons. The lowest BCUT2D eigenvalue weighted by Crippen LogP contribution is -2.23. The number of nitrogens with one attached hydrogen (secondary N) is 1. The Kier molecular flexibility index (Phi) is 6.91. The number of hydrogen-bond donors (Lipinski definition) is 1. The SMILES string of the molecule is CC#CCCC(NCCC)c1ncccc1Br. The van der Waals surface area contributed by atoms with Crippen LogP contribution in [-0.2, 0) is 0 Å². The molecule has 0 saturated heterocycles. The van der Waals surface area contributed by atoms with Gasteiger partial charge >= 0.3 is 0 Å². The van der Waals surface area contributed by atoms with Crippen LogP contribution in [0.25, 0.3) is 0 Å². The second-order valence-corrected chi connectivity index (χ2v) is 4.70. The molecule has 1 aromatic rings. The van der Waals surface area contributed by atoms with Gasteiger partial charge in [-0.05, 0) is 54.4 Å². The second kappa shape index (κ2) is 8.27. The van der Waals surface area contributed by atoms with Crippen LogP contribution in [-0.4, -0.2) is 11.5 Å². The molecule has 0 spiro atoms. The van der Waals surface area contributed by atoms with Crippen LogP contribution in [0.5, 0.6) is 0 Å². The van der Waals surface area contributed by atoms with Gasteiger partial charge < -0.3 is 5.32 Å². The van der Waals surface area contributed by atoms with Crippen LogP contribution in [0.3, 0.4) is 0 Å². The maximum atomic E-state index is 4.45. The minimum Gasteiger partial charge on any atom is -0.309 e. The largest absolute Gasteiger partial charge is 0.309 e. The van der Waals surface area contributed by atoms with Crippen molar-refractivity contribution in [3.63, 3.8) is 0 Å². The normalized spacial score (nSPS) is 11.7. The number of halogens is 1. The lowest BCUT2D eigenvalue weighted by Gasteiger charge is -2.18. The summed E-state index contributed by atoms with van der Waals surface area (Å²) in [6.07, 6.45) is 4.87. The minimum absolute atomic E-state index is 0.284. The molecule has 0 bridgehead atoms. The van der Waals surface area contributed by atoms with E-state index in [0.717, 1.165) is 36.0 Å². The van der Waals surface area contributed by atoms with Gasteiger partial charge in [0.15, 0.2) is 0 Å². The third-order valence-electron chi connectivity index (χ3n) is 2.49. The van der Waals surface area contributed by atoms with Gasteiger partial charge in [0.1, 0.15) is 0 Å². The van der Waals surface area contributed by atoms with E-state index < -0.39 is 0 Å². The van der Waals surface area contributed by atoms with Crippen molar-refractivity contribution in [3.8, 4) is 11.8 Å². The van der Waals surface area contributed by atoms with E-state index in [1.807, 2.05) is 25.3 Å². The van der Waals surface area contributed by atoms with E-state index in [1.165, 1.54) is 0 Å². The molecule has 0 saturated carbocycles. The zero-order chi connectivity index (χ0) is 12.5. The third kappa shape index (κ3) is 4.89. The van der Waals surface area contributed by atoms with Crippen molar-refractivity contribution in [2.75, 3.05) is 6.54 Å². The summed E-state index contributed by atoms with van der Waals surface area (Å²) in [4.78, 5) is 4.45. The van der Waals surface area contributed by atoms with Gasteiger partial charge in [-0.1, -0.05) is 6.92 Å². The first-order valence-corrected chi connectivity index (χ1v) is 6.82. The van der Waals surface area contributed by atoms with Crippen LogP contribution in [0.15, 0.2) is 22.8 Å². The molecule has 1 aromatic heterocycles. The molecule has 0 amide bonds. The van der Waals surface area contributed by atoms with E-state index in [1.54, 1.807) is 0 Å². The lowest BCUT2D eigenvalue weighted by molar-refractivity contribution is 0.493. The van der Waals surface area contributed by atoms with Crippen molar-refractivity contribution in [2.24, 2.45) is 0 Å². The summed E-state index contributed by atoms with van der Waals surface area (Å²) < 4.78 is 1.07. The average Bonchev–Trinajstić information content (AvgIpc) is 2.35. The first kappa shape index (κ1) is 14.2. The highest BCUT2D eigenvalue weighted by Gasteiger charge is 2.13. The fraction of sp³-hybridized carbons (Fsp3) is 0.500. The average molecular weight is 295 g/mol. The van der Waals surface area contributed by atoms with E-state index in [0.29, 0.717) is 0 Å². The second-order valence-electron chi connectivity index (χ2n) is 3.84. The molecule has 0 aliphatic carbocycles. The Bertz CT molecular complexity index is 393. The van der Waals surface area contributed by atoms with E-state index in [-0.39, 0.29) is 6.04 Å². The van der Waals surface area contributed by atoms with E-state index in [2.05, 4.69) is 45.0 Å². The Morgan fingerprint density at radius 2 is 2.35 bits per heavy atom. The van der Waals surface area contributed by atoms with Gasteiger partial charge in [0.2, 0.25) is 0 Å². The molecule has 0 aliphatic rings. The summed E-state index contributed by atoms with van der Waals surface area (Å²) in [7, 11) is 0. The van der Waals surface area contributed by atoms with Gasteiger partial charge in [0.25, 0.3) is 0 Å². The van der Waals surface area contributed by atoms with Gasteiger partial charge in [0, 0.05) is 17.1 Å². The monoisotopic (exact) mass is 294 g/mol. The van der Waals surface area contributed by atoms with Crippen molar-refractivity contribution >= 4 is 15.9 Å². The Morgan fingerprint density at radius 3 is 3.00 bits per heavy atom. The minimum atomic E-state index is 0.284. The van der Waals surface area contributed by atoms with E-state index in [9.17, 15) is 0 Å². The highest BCUT2D eigenvalue weighted by Crippen LogP contribution is 2.24. The highest BCUT2D eigenvalue weighted by molar-refractivity contribution is 9.10. The summed E-state index contributed by atoms with van der Waals surface area (Å²) in [5, 5.41) is 3.53. The number of rotatable bonds is 6. The van der Waals surface area contributed by atoms with Gasteiger partial charge in [-0.2, -0.15) is 0 Å². The van der Waals surface area contributed by atoms with Gasteiger partial charge in [0.05, 0.1) is 11.7 Å². The van der Waals surface area contributed by atoms with Gasteiger partial charge in [-0.3, -0.25) is 4.98 Å². The molecule has 0 radical (unpaired) electrons. The van der Waals surface area contributed by atoms with Crippen LogP contribution in [0.2, 0.25) is 0 Å². The van der Waals surface area contributed by atoms with Crippen molar-refractivity contribution in [1.29, 1.82) is 0 Å². The predicted octanol–water partition coefficient (Wildman–Crippen LogP) is 3.69. The Balaban J connectivity index is 2.73. The van der Waals surface area contributed by atoms with Gasteiger partial charge in [-0.25, -0.2) is 0 Å². The molecular weight excluding hydrogens is 276 g/mol.